The number of alkyl halides is 3. The Labute approximate surface area is 193 Å². The Bertz CT molecular complexity index is 1020. The molecule has 0 aliphatic carbocycles. The molecule has 1 N–H and O–H groups in total. The van der Waals surface area contributed by atoms with Crippen LogP contribution < -0.4 is 9.62 Å². The predicted octanol–water partition coefficient (Wildman–Crippen LogP) is 4.83. The molecule has 0 unspecified atom stereocenters. The number of carbonyl (C=O) groups is 1. The number of sulfonamides is 1. The van der Waals surface area contributed by atoms with Crippen molar-refractivity contribution >= 4 is 56.6 Å². The molecule has 2 rings (SSSR count). The van der Waals surface area contributed by atoms with E-state index in [4.69, 9.17) is 23.2 Å². The number of hydrogen-bond donors (Lipinski definition) is 1. The van der Waals surface area contributed by atoms with Gasteiger partial charge >= 0.3 is 6.18 Å². The van der Waals surface area contributed by atoms with Crippen molar-refractivity contribution in [2.75, 3.05) is 29.4 Å². The zero-order chi connectivity index (χ0) is 23.2. The minimum Gasteiger partial charge on any atom is -0.354 e. The first-order valence-electron chi connectivity index (χ1n) is 8.81. The topological polar surface area (TPSA) is 66.5 Å². The highest BCUT2D eigenvalue weighted by molar-refractivity contribution is 7.98. The molecule has 0 saturated heterocycles. The molecule has 0 aliphatic heterocycles. The van der Waals surface area contributed by atoms with Gasteiger partial charge in [0.1, 0.15) is 6.54 Å². The highest BCUT2D eigenvalue weighted by Gasteiger charge is 2.33. The van der Waals surface area contributed by atoms with E-state index in [0.717, 1.165) is 24.0 Å². The first kappa shape index (κ1) is 25.6. The Balaban J connectivity index is 1.97. The number of thioether (sulfide) groups is 1. The molecule has 2 aromatic carbocycles. The number of halogens is 5. The second-order valence-corrected chi connectivity index (χ2v) is 10.3. The number of anilines is 1. The molecule has 0 aliphatic rings. The summed E-state index contributed by atoms with van der Waals surface area (Å²) in [6, 6.07) is 9.62. The first-order chi connectivity index (χ1) is 14.4. The van der Waals surface area contributed by atoms with E-state index in [1.165, 1.54) is 0 Å². The van der Waals surface area contributed by atoms with E-state index in [1.807, 2.05) is 12.1 Å². The van der Waals surface area contributed by atoms with Crippen LogP contribution in [0.5, 0.6) is 0 Å². The maximum absolute atomic E-state index is 13.0. The van der Waals surface area contributed by atoms with Crippen LogP contribution in [0, 0.1) is 0 Å². The fraction of sp³-hybridized carbons (Fsp3) is 0.316. The lowest BCUT2D eigenvalue weighted by atomic mass is 10.2. The van der Waals surface area contributed by atoms with Crippen molar-refractivity contribution in [3.8, 4) is 0 Å². The van der Waals surface area contributed by atoms with E-state index in [0.29, 0.717) is 26.9 Å². The maximum atomic E-state index is 13.0. The van der Waals surface area contributed by atoms with Crippen LogP contribution in [0.1, 0.15) is 11.1 Å². The van der Waals surface area contributed by atoms with Crippen LogP contribution in [0.3, 0.4) is 0 Å². The van der Waals surface area contributed by atoms with E-state index in [-0.39, 0.29) is 11.6 Å². The van der Waals surface area contributed by atoms with Gasteiger partial charge in [-0.15, -0.1) is 0 Å². The van der Waals surface area contributed by atoms with Gasteiger partial charge in [-0.2, -0.15) is 24.9 Å². The largest absolute Gasteiger partial charge is 0.416 e. The van der Waals surface area contributed by atoms with Gasteiger partial charge in [0.2, 0.25) is 15.9 Å². The predicted molar refractivity (Wildman–Crippen MR) is 119 cm³/mol. The molecule has 0 atom stereocenters. The molecule has 2 aromatic rings. The van der Waals surface area contributed by atoms with Crippen molar-refractivity contribution in [3.63, 3.8) is 0 Å². The monoisotopic (exact) mass is 514 g/mol. The van der Waals surface area contributed by atoms with Crippen molar-refractivity contribution in [3.05, 3.63) is 63.6 Å². The van der Waals surface area contributed by atoms with Gasteiger partial charge in [0.05, 0.1) is 22.5 Å². The Kier molecular flexibility index (Phi) is 8.93. The van der Waals surface area contributed by atoms with Gasteiger partial charge in [-0.25, -0.2) is 8.42 Å². The van der Waals surface area contributed by atoms with Gasteiger partial charge in [0, 0.05) is 23.1 Å². The molecule has 12 heteroatoms. The van der Waals surface area contributed by atoms with E-state index in [2.05, 4.69) is 5.32 Å². The third-order valence-electron chi connectivity index (χ3n) is 3.98. The quantitative estimate of drug-likeness (QED) is 0.486. The Morgan fingerprint density at radius 3 is 2.35 bits per heavy atom. The second-order valence-electron chi connectivity index (χ2n) is 6.46. The van der Waals surface area contributed by atoms with Crippen molar-refractivity contribution < 1.29 is 26.4 Å². The SMILES string of the molecule is CS(=O)(=O)N(CC(=O)NCCSCc1ccc(Cl)cc1)c1cc(C(F)(F)F)ccc1Cl. The summed E-state index contributed by atoms with van der Waals surface area (Å²) in [7, 11) is -4.07. The summed E-state index contributed by atoms with van der Waals surface area (Å²) in [5, 5.41) is 2.98. The molecule has 0 heterocycles. The molecule has 0 radical (unpaired) electrons. The van der Waals surface area contributed by atoms with Crippen LogP contribution in [-0.2, 0) is 26.7 Å². The van der Waals surface area contributed by atoms with Gasteiger partial charge in [0.15, 0.2) is 0 Å². The van der Waals surface area contributed by atoms with Crippen molar-refractivity contribution in [1.29, 1.82) is 0 Å². The molecular weight excluding hydrogens is 496 g/mol. The Morgan fingerprint density at radius 2 is 1.77 bits per heavy atom. The van der Waals surface area contributed by atoms with E-state index < -0.39 is 39.9 Å². The summed E-state index contributed by atoms with van der Waals surface area (Å²) in [5.41, 5.74) is -0.422. The van der Waals surface area contributed by atoms with Crippen LogP contribution in [0.4, 0.5) is 18.9 Å². The number of nitrogens with one attached hydrogen (secondary N) is 1. The third kappa shape index (κ3) is 8.10. The summed E-state index contributed by atoms with van der Waals surface area (Å²) >= 11 is 13.3. The summed E-state index contributed by atoms with van der Waals surface area (Å²) in [6.45, 7) is -0.438. The molecule has 31 heavy (non-hydrogen) atoms. The maximum Gasteiger partial charge on any atom is 0.416 e. The highest BCUT2D eigenvalue weighted by Crippen LogP contribution is 2.36. The van der Waals surface area contributed by atoms with Crippen LogP contribution in [0.15, 0.2) is 42.5 Å². The number of amides is 1. The molecule has 170 valence electrons. The van der Waals surface area contributed by atoms with Crippen molar-refractivity contribution in [2.24, 2.45) is 0 Å². The summed E-state index contributed by atoms with van der Waals surface area (Å²) in [5.74, 6) is 0.589. The fourth-order valence-electron chi connectivity index (χ4n) is 2.48. The van der Waals surface area contributed by atoms with E-state index in [1.54, 1.807) is 23.9 Å². The van der Waals surface area contributed by atoms with Gasteiger partial charge in [-0.1, -0.05) is 35.3 Å². The van der Waals surface area contributed by atoms with Gasteiger partial charge in [-0.3, -0.25) is 9.10 Å². The highest BCUT2D eigenvalue weighted by atomic mass is 35.5. The lowest BCUT2D eigenvalue weighted by Gasteiger charge is -2.24. The number of carbonyl (C=O) groups excluding carboxylic acids is 1. The Hall–Kier alpha value is -1.62. The number of hydrogen-bond acceptors (Lipinski definition) is 4. The standard InChI is InChI=1S/C19H19Cl2F3N2O3S2/c1-31(28,29)26(17-10-14(19(22,23)24)4-7-16(17)21)11-18(27)25-8-9-30-12-13-2-5-15(20)6-3-13/h2-7,10H,8-9,11-12H2,1H3,(H,25,27). The lowest BCUT2D eigenvalue weighted by Crippen LogP contribution is -2.41. The van der Waals surface area contributed by atoms with Gasteiger partial charge < -0.3 is 5.32 Å². The fourth-order valence-corrected chi connectivity index (χ4v) is 4.56. The zero-order valence-corrected chi connectivity index (χ0v) is 19.4. The van der Waals surface area contributed by atoms with Crippen LogP contribution in [-0.4, -0.2) is 39.4 Å². The van der Waals surface area contributed by atoms with Crippen LogP contribution >= 0.6 is 35.0 Å². The van der Waals surface area contributed by atoms with Crippen molar-refractivity contribution in [1.82, 2.24) is 5.32 Å². The minimum absolute atomic E-state index is 0.218. The molecular formula is C19H19Cl2F3N2O3S2. The zero-order valence-electron chi connectivity index (χ0n) is 16.2. The number of benzene rings is 2. The Morgan fingerprint density at radius 1 is 1.13 bits per heavy atom. The molecule has 5 nitrogen and oxygen atoms in total. The first-order valence-corrected chi connectivity index (χ1v) is 12.6. The molecule has 0 spiro atoms. The molecule has 0 bridgehead atoms. The average molecular weight is 515 g/mol. The number of rotatable bonds is 9. The molecule has 1 amide bonds. The van der Waals surface area contributed by atoms with Gasteiger partial charge in [0.25, 0.3) is 0 Å². The molecule has 0 fully saturated rings. The van der Waals surface area contributed by atoms with Gasteiger partial charge in [-0.05, 0) is 35.9 Å². The molecule has 0 saturated carbocycles. The lowest BCUT2D eigenvalue weighted by molar-refractivity contribution is -0.137. The molecule has 0 aromatic heterocycles. The normalized spacial score (nSPS) is 11.9. The second kappa shape index (κ2) is 10.8. The third-order valence-corrected chi connectivity index (χ3v) is 6.71. The van der Waals surface area contributed by atoms with E-state index >= 15 is 0 Å². The van der Waals surface area contributed by atoms with E-state index in [9.17, 15) is 26.4 Å². The average Bonchev–Trinajstić information content (AvgIpc) is 2.66. The van der Waals surface area contributed by atoms with Crippen molar-refractivity contribution in [2.45, 2.75) is 11.9 Å². The minimum atomic E-state index is -4.69. The number of nitrogens with zero attached hydrogens (tertiary/aromatic N) is 1. The summed E-state index contributed by atoms with van der Waals surface area (Å²) in [6.07, 6.45) is -3.90. The van der Waals surface area contributed by atoms with Crippen LogP contribution in [0.25, 0.3) is 0 Å². The smallest absolute Gasteiger partial charge is 0.354 e. The van der Waals surface area contributed by atoms with Crippen LogP contribution in [0.2, 0.25) is 10.0 Å². The summed E-state index contributed by atoms with van der Waals surface area (Å²) < 4.78 is 63.8. The summed E-state index contributed by atoms with van der Waals surface area (Å²) in [4.78, 5) is 12.2.